The Morgan fingerprint density at radius 2 is 1.81 bits per heavy atom. The number of rotatable bonds is 13. The van der Waals surface area contributed by atoms with Crippen LogP contribution in [0.4, 0.5) is 16.8 Å². The van der Waals surface area contributed by atoms with Crippen LogP contribution >= 0.6 is 22.7 Å². The first kappa shape index (κ1) is 34.1. The van der Waals surface area contributed by atoms with Crippen LogP contribution in [0.5, 0.6) is 0 Å². The van der Waals surface area contributed by atoms with E-state index in [1.54, 1.807) is 11.3 Å². The minimum Gasteiger partial charge on any atom is -0.461 e. The Morgan fingerprint density at radius 3 is 2.54 bits per heavy atom. The molecule has 1 fully saturated rings. The third kappa shape index (κ3) is 7.92. The second kappa shape index (κ2) is 14.8. The molecule has 2 aromatic carbocycles. The van der Waals surface area contributed by atoms with Crippen molar-refractivity contribution in [2.75, 3.05) is 38.3 Å². The molecule has 0 saturated carbocycles. The predicted octanol–water partition coefficient (Wildman–Crippen LogP) is 7.35. The molecule has 10 nitrogen and oxygen atoms in total. The van der Waals surface area contributed by atoms with Gasteiger partial charge in [0.1, 0.15) is 6.73 Å². The number of carbonyl (C=O) groups excluding carboxylic acids is 1. The van der Waals surface area contributed by atoms with Gasteiger partial charge in [-0.15, -0.1) is 21.5 Å². The average molecular weight is 702 g/mol. The summed E-state index contributed by atoms with van der Waals surface area (Å²) in [5, 5.41) is 9.77. The molecular formula is C35H43N7O3S2Si. The van der Waals surface area contributed by atoms with E-state index in [0.717, 1.165) is 57.7 Å². The first-order valence-electron chi connectivity index (χ1n) is 16.3. The quantitative estimate of drug-likeness (QED) is 0.0715. The average Bonchev–Trinajstić information content (AvgIpc) is 3.63. The van der Waals surface area contributed by atoms with E-state index in [2.05, 4.69) is 75.7 Å². The van der Waals surface area contributed by atoms with E-state index in [9.17, 15) is 4.79 Å². The van der Waals surface area contributed by atoms with Gasteiger partial charge in [-0.25, -0.2) is 9.78 Å². The van der Waals surface area contributed by atoms with Crippen LogP contribution in [0.1, 0.15) is 39.3 Å². The number of ether oxygens (including phenoxy) is 2. The van der Waals surface area contributed by atoms with Gasteiger partial charge >= 0.3 is 5.97 Å². The van der Waals surface area contributed by atoms with E-state index in [-0.39, 0.29) is 11.9 Å². The minimum absolute atomic E-state index is 0.217. The molecule has 0 unspecified atom stereocenters. The Labute approximate surface area is 290 Å². The summed E-state index contributed by atoms with van der Waals surface area (Å²) < 4.78 is 14.8. The molecule has 13 heteroatoms. The molecule has 3 aromatic heterocycles. The molecule has 252 valence electrons. The van der Waals surface area contributed by atoms with Gasteiger partial charge in [0.25, 0.3) is 0 Å². The fourth-order valence-corrected chi connectivity index (χ4v) is 8.37. The number of carbonyl (C=O) groups is 1. The fourth-order valence-electron chi connectivity index (χ4n) is 5.49. The van der Waals surface area contributed by atoms with Crippen molar-refractivity contribution in [1.82, 2.24) is 24.6 Å². The van der Waals surface area contributed by atoms with Crippen LogP contribution in [0.15, 0.2) is 65.7 Å². The zero-order valence-electron chi connectivity index (χ0n) is 28.5. The minimum atomic E-state index is -1.19. The van der Waals surface area contributed by atoms with Crippen molar-refractivity contribution in [2.24, 2.45) is 4.99 Å². The number of anilines is 2. The van der Waals surface area contributed by atoms with Crippen LogP contribution < -0.4 is 9.70 Å². The number of esters is 1. The van der Waals surface area contributed by atoms with Crippen molar-refractivity contribution in [1.29, 1.82) is 0 Å². The number of likely N-dealkylation sites (tertiary alicyclic amines) is 1. The summed E-state index contributed by atoms with van der Waals surface area (Å²) in [7, 11) is 0.708. The molecular weight excluding hydrogens is 659 g/mol. The number of para-hydroxylation sites is 1. The monoisotopic (exact) mass is 701 g/mol. The Balaban J connectivity index is 1.22. The van der Waals surface area contributed by atoms with Gasteiger partial charge in [-0.3, -0.25) is 9.47 Å². The number of thiazole rings is 2. The zero-order valence-corrected chi connectivity index (χ0v) is 31.1. The van der Waals surface area contributed by atoms with Crippen molar-refractivity contribution in [3.05, 3.63) is 87.2 Å². The molecule has 0 N–H and O–H groups in total. The van der Waals surface area contributed by atoms with E-state index in [0.29, 0.717) is 35.8 Å². The number of hydrogen-bond donors (Lipinski definition) is 0. The van der Waals surface area contributed by atoms with E-state index >= 15 is 0 Å². The van der Waals surface area contributed by atoms with E-state index in [1.807, 2.05) is 50.1 Å². The highest BCUT2D eigenvalue weighted by molar-refractivity contribution is 7.16. The smallest absolute Gasteiger partial charge is 0.358 e. The molecule has 5 aromatic rings. The molecule has 6 rings (SSSR count). The van der Waals surface area contributed by atoms with Crippen molar-refractivity contribution >= 4 is 63.7 Å². The number of nitrogens with zero attached hydrogens (tertiary/aromatic N) is 7. The van der Waals surface area contributed by atoms with Crippen molar-refractivity contribution in [3.8, 4) is 0 Å². The lowest BCUT2D eigenvalue weighted by molar-refractivity contribution is 0.0515. The standard InChI is InChI=1S/C35H43N7O3S2Si/c1-7-45-33(43)30-31(26-21-41(22-26)20-25-13-9-8-10-14-25)47-34(36-30)40(3)29-19-24(2)32(39-38-29)37-35-42(23-44-17-18-48(4,5)6)27-15-11-12-16-28(27)46-35/h8-16,19,26H,7,17-18,20-23H2,1-6H3. The van der Waals surface area contributed by atoms with Gasteiger partial charge in [-0.05, 0) is 49.2 Å². The molecule has 0 atom stereocenters. The van der Waals surface area contributed by atoms with Gasteiger partial charge < -0.3 is 14.4 Å². The number of hydrogen-bond acceptors (Lipinski definition) is 11. The normalized spacial score (nSPS) is 14.4. The second-order valence-electron chi connectivity index (χ2n) is 13.3. The van der Waals surface area contributed by atoms with Crippen LogP contribution in [-0.2, 0) is 22.7 Å². The second-order valence-corrected chi connectivity index (χ2v) is 21.0. The number of aryl methyl sites for hydroxylation is 1. The first-order chi connectivity index (χ1) is 23.1. The Kier molecular flexibility index (Phi) is 10.5. The Morgan fingerprint density at radius 1 is 1.06 bits per heavy atom. The molecule has 48 heavy (non-hydrogen) atoms. The first-order valence-corrected chi connectivity index (χ1v) is 21.7. The summed E-state index contributed by atoms with van der Waals surface area (Å²) in [5.74, 6) is 1.01. The number of aromatic nitrogens is 4. The van der Waals surface area contributed by atoms with E-state index < -0.39 is 8.07 Å². The van der Waals surface area contributed by atoms with Gasteiger partial charge in [0.15, 0.2) is 27.3 Å². The fraction of sp³-hybridized carbons (Fsp3) is 0.400. The summed E-state index contributed by atoms with van der Waals surface area (Å²) >= 11 is 3.13. The third-order valence-corrected chi connectivity index (χ3v) is 12.3. The molecule has 0 bridgehead atoms. The van der Waals surface area contributed by atoms with Crippen LogP contribution in [0.3, 0.4) is 0 Å². The number of fused-ring (bicyclic) bond motifs is 1. The topological polar surface area (TPSA) is 98.0 Å². The molecule has 1 aliphatic rings. The van der Waals surface area contributed by atoms with E-state index in [4.69, 9.17) is 19.5 Å². The van der Waals surface area contributed by atoms with Gasteiger partial charge in [-0.1, -0.05) is 73.4 Å². The van der Waals surface area contributed by atoms with Crippen LogP contribution in [-0.4, -0.2) is 72.0 Å². The lowest BCUT2D eigenvalue weighted by Crippen LogP contribution is -2.44. The van der Waals surface area contributed by atoms with Gasteiger partial charge in [-0.2, -0.15) is 4.99 Å². The molecule has 1 aliphatic heterocycles. The van der Waals surface area contributed by atoms with Crippen molar-refractivity contribution < 1.29 is 14.3 Å². The SMILES string of the molecule is CCOC(=O)c1nc(N(C)c2cc(C)c(N=c3sc4ccccc4n3COCC[Si](C)(C)C)nn2)sc1C1CN(Cc2ccccc2)C1. The van der Waals surface area contributed by atoms with Crippen molar-refractivity contribution in [3.63, 3.8) is 0 Å². The summed E-state index contributed by atoms with van der Waals surface area (Å²) in [4.78, 5) is 28.8. The van der Waals surface area contributed by atoms with E-state index in [1.165, 1.54) is 16.9 Å². The van der Waals surface area contributed by atoms with Gasteiger partial charge in [0.05, 0.1) is 16.8 Å². The predicted molar refractivity (Wildman–Crippen MR) is 197 cm³/mol. The maximum atomic E-state index is 13.0. The molecule has 4 heterocycles. The summed E-state index contributed by atoms with van der Waals surface area (Å²) in [6.07, 6.45) is 0. The molecule has 1 saturated heterocycles. The Hall–Kier alpha value is -3.75. The maximum Gasteiger partial charge on any atom is 0.358 e. The third-order valence-electron chi connectivity index (χ3n) is 8.27. The molecule has 0 amide bonds. The van der Waals surface area contributed by atoms with Gasteiger partial charge in [0.2, 0.25) is 0 Å². The lowest BCUT2D eigenvalue weighted by Gasteiger charge is -2.39. The molecule has 0 radical (unpaired) electrons. The number of benzene rings is 2. The zero-order chi connectivity index (χ0) is 33.8. The summed E-state index contributed by atoms with van der Waals surface area (Å²) in [6.45, 7) is 14.9. The summed E-state index contributed by atoms with van der Waals surface area (Å²) in [5.41, 5.74) is 3.64. The van der Waals surface area contributed by atoms with Crippen LogP contribution in [0.2, 0.25) is 25.7 Å². The Bertz CT molecular complexity index is 1950. The summed E-state index contributed by atoms with van der Waals surface area (Å²) in [6, 6.07) is 21.8. The van der Waals surface area contributed by atoms with Crippen molar-refractivity contribution in [2.45, 2.75) is 58.7 Å². The maximum absolute atomic E-state index is 13.0. The van der Waals surface area contributed by atoms with Gasteiger partial charge in [0, 0.05) is 52.2 Å². The largest absolute Gasteiger partial charge is 0.461 e. The highest BCUT2D eigenvalue weighted by Crippen LogP contribution is 2.39. The van der Waals surface area contributed by atoms with Crippen LogP contribution in [0, 0.1) is 6.92 Å². The van der Waals surface area contributed by atoms with Crippen LogP contribution in [0.25, 0.3) is 10.2 Å². The molecule has 0 spiro atoms. The molecule has 0 aliphatic carbocycles. The highest BCUT2D eigenvalue weighted by Gasteiger charge is 2.35. The highest BCUT2D eigenvalue weighted by atomic mass is 32.1. The lowest BCUT2D eigenvalue weighted by atomic mass is 9.96.